The normalized spacial score (nSPS) is 26.7. The lowest BCUT2D eigenvalue weighted by Gasteiger charge is -2.39. The molecule has 2 aliphatic rings. The summed E-state index contributed by atoms with van der Waals surface area (Å²) in [6.45, 7) is 21.1. The van der Waals surface area contributed by atoms with Crippen LogP contribution in [0.2, 0.25) is 0 Å². The molecule has 3 unspecified atom stereocenters. The average Bonchev–Trinajstić information content (AvgIpc) is 3.89. The second-order valence-electron chi connectivity index (χ2n) is 24.3. The quantitative estimate of drug-likeness (QED) is 0.205. The van der Waals surface area contributed by atoms with Crippen molar-refractivity contribution in [3.8, 4) is 0 Å². The number of rotatable bonds is 13. The second kappa shape index (κ2) is 29.0. The van der Waals surface area contributed by atoms with Gasteiger partial charge in [0.15, 0.2) is 23.7 Å². The van der Waals surface area contributed by atoms with E-state index in [0.717, 1.165) is 10.5 Å². The van der Waals surface area contributed by atoms with Crippen molar-refractivity contribution in [3.05, 3.63) is 71.8 Å². The Bertz CT molecular complexity index is 2420. The topological polar surface area (TPSA) is 211 Å². The Hall–Kier alpha value is -5.97. The van der Waals surface area contributed by atoms with Gasteiger partial charge in [-0.25, -0.2) is 4.79 Å². The van der Waals surface area contributed by atoms with Gasteiger partial charge in [0.2, 0.25) is 29.5 Å². The molecule has 4 rings (SSSR count). The third-order valence-electron chi connectivity index (χ3n) is 16.5. The standard InChI is InChI=1S/C62H94N6O11/c1-17-40(9)45-36-49(69)47-30-25-31-68(47)59(75)48(34-43-28-23-20-24-29-43)64(13)58(74)46(33-42-26-21-19-22-27-42)63-55(71)52(39(7)8)66(15)60(76)53(41(10)18-2)79-61(77)54(62(11,12)78)67(16)56(72)44(32-37(3)4)35-50(70)51(38(5)6)65(14)57(45)73/h19-24,26-29,37-41,44-48,51-54,78H,17-18,25,30-36H2,1-16H3,(H,63,71)/t40?,41?,44-,45+,46+,47+,48?,51+,52+,53-,54-/m1/s1. The van der Waals surface area contributed by atoms with Gasteiger partial charge in [-0.2, -0.15) is 0 Å². The molecule has 11 atom stereocenters. The summed E-state index contributed by atoms with van der Waals surface area (Å²) in [5.41, 5.74) is -0.484. The van der Waals surface area contributed by atoms with E-state index in [2.05, 4.69) is 5.32 Å². The first-order valence-electron chi connectivity index (χ1n) is 28.7. The smallest absolute Gasteiger partial charge is 0.332 e. The van der Waals surface area contributed by atoms with Crippen LogP contribution in [0.3, 0.4) is 0 Å². The number of hydrogen-bond donors (Lipinski definition) is 2. The van der Waals surface area contributed by atoms with Gasteiger partial charge in [-0.1, -0.05) is 136 Å². The molecule has 17 nitrogen and oxygen atoms in total. The molecule has 438 valence electrons. The molecular weight excluding hydrogens is 1000 g/mol. The van der Waals surface area contributed by atoms with E-state index in [0.29, 0.717) is 31.2 Å². The number of carbonyl (C=O) groups excluding carboxylic acids is 9. The van der Waals surface area contributed by atoms with Gasteiger partial charge in [0.25, 0.3) is 5.91 Å². The highest BCUT2D eigenvalue weighted by Crippen LogP contribution is 2.32. The van der Waals surface area contributed by atoms with Crippen molar-refractivity contribution in [2.45, 2.75) is 189 Å². The van der Waals surface area contributed by atoms with Crippen molar-refractivity contribution in [1.29, 1.82) is 0 Å². The van der Waals surface area contributed by atoms with Crippen LogP contribution in [0.5, 0.6) is 0 Å². The summed E-state index contributed by atoms with van der Waals surface area (Å²) in [6.07, 6.45) is -0.0284. The molecule has 0 bridgehead atoms. The van der Waals surface area contributed by atoms with E-state index in [4.69, 9.17) is 4.74 Å². The van der Waals surface area contributed by atoms with Gasteiger partial charge in [0.05, 0.1) is 17.7 Å². The number of likely N-dealkylation sites (N-methyl/N-ethyl adjacent to an activating group) is 4. The van der Waals surface area contributed by atoms with E-state index >= 15 is 9.59 Å². The Morgan fingerprint density at radius 3 is 1.66 bits per heavy atom. The summed E-state index contributed by atoms with van der Waals surface area (Å²) in [6, 6.07) is 11.0. The molecule has 2 saturated heterocycles. The lowest BCUT2D eigenvalue weighted by atomic mass is 9.82. The first-order valence-corrected chi connectivity index (χ1v) is 28.7. The number of fused-ring (bicyclic) bond motifs is 1. The number of hydrogen-bond acceptors (Lipinski definition) is 11. The number of aliphatic hydroxyl groups is 1. The Kier molecular flexibility index (Phi) is 24.0. The molecule has 2 heterocycles. The van der Waals surface area contributed by atoms with Gasteiger partial charge in [-0.05, 0) is 74.3 Å². The van der Waals surface area contributed by atoms with Crippen molar-refractivity contribution in [1.82, 2.24) is 29.8 Å². The summed E-state index contributed by atoms with van der Waals surface area (Å²) in [5.74, 6) is -9.25. The molecule has 0 aromatic heterocycles. The molecule has 2 aromatic rings. The average molecular weight is 1100 g/mol. The van der Waals surface area contributed by atoms with Crippen LogP contribution in [-0.4, -0.2) is 165 Å². The van der Waals surface area contributed by atoms with E-state index in [1.54, 1.807) is 34.7 Å². The van der Waals surface area contributed by atoms with Crippen molar-refractivity contribution < 1.29 is 53.0 Å². The first kappa shape index (κ1) is 65.5. The van der Waals surface area contributed by atoms with E-state index < -0.39 is 125 Å². The zero-order valence-corrected chi connectivity index (χ0v) is 50.2. The maximum absolute atomic E-state index is 15.3. The number of carbonyl (C=O) groups is 9. The number of Topliss-reactive ketones (excluding diaryl/α,β-unsaturated/α-hetero) is 2. The van der Waals surface area contributed by atoms with Crippen LogP contribution in [0, 0.1) is 41.4 Å². The molecule has 6 amide bonds. The number of ether oxygens (including phenoxy) is 1. The summed E-state index contributed by atoms with van der Waals surface area (Å²) < 4.78 is 6.12. The minimum atomic E-state index is -1.94. The molecule has 0 aliphatic carbocycles. The van der Waals surface area contributed by atoms with Crippen LogP contribution in [0.25, 0.3) is 0 Å². The lowest BCUT2D eigenvalue weighted by molar-refractivity contribution is -0.178. The van der Waals surface area contributed by atoms with Gasteiger partial charge in [-0.3, -0.25) is 38.4 Å². The molecule has 2 N–H and O–H groups in total. The highest BCUT2D eigenvalue weighted by atomic mass is 16.6. The van der Waals surface area contributed by atoms with Crippen LogP contribution in [0.4, 0.5) is 0 Å². The van der Waals surface area contributed by atoms with Crippen molar-refractivity contribution >= 4 is 53.0 Å². The van der Waals surface area contributed by atoms with E-state index in [1.807, 2.05) is 102 Å². The zero-order chi connectivity index (χ0) is 59.4. The van der Waals surface area contributed by atoms with Crippen molar-refractivity contribution in [3.63, 3.8) is 0 Å². The van der Waals surface area contributed by atoms with Crippen LogP contribution >= 0.6 is 0 Å². The largest absolute Gasteiger partial charge is 0.450 e. The van der Waals surface area contributed by atoms with Crippen molar-refractivity contribution in [2.24, 2.45) is 41.4 Å². The predicted molar refractivity (Wildman–Crippen MR) is 304 cm³/mol. The van der Waals surface area contributed by atoms with Crippen molar-refractivity contribution in [2.75, 3.05) is 34.7 Å². The molecule has 2 aromatic carbocycles. The highest BCUT2D eigenvalue weighted by Gasteiger charge is 2.48. The fraction of sp³-hybridized carbons (Fsp3) is 0.661. The second-order valence-corrected chi connectivity index (χ2v) is 24.3. The maximum atomic E-state index is 15.3. The maximum Gasteiger partial charge on any atom is 0.332 e. The molecule has 2 fully saturated rings. The van der Waals surface area contributed by atoms with E-state index in [9.17, 15) is 38.7 Å². The summed E-state index contributed by atoms with van der Waals surface area (Å²) in [5, 5.41) is 14.7. The highest BCUT2D eigenvalue weighted by molar-refractivity contribution is 5.99. The molecule has 17 heteroatoms. The molecule has 0 radical (unpaired) electrons. The number of esters is 1. The third kappa shape index (κ3) is 16.6. The van der Waals surface area contributed by atoms with Gasteiger partial charge in [0, 0.05) is 78.2 Å². The van der Waals surface area contributed by atoms with Gasteiger partial charge in [-0.15, -0.1) is 0 Å². The number of amides is 6. The molecule has 0 spiro atoms. The summed E-state index contributed by atoms with van der Waals surface area (Å²) in [7, 11) is 5.83. The Labute approximate surface area is 470 Å². The number of ketones is 2. The molecular formula is C62H94N6O11. The van der Waals surface area contributed by atoms with Crippen LogP contribution in [-0.2, 0) is 60.7 Å². The minimum Gasteiger partial charge on any atom is -0.450 e. The Balaban J connectivity index is 1.98. The SMILES string of the molecule is CCC(C)[C@@H]1CC(=O)[C@@H]2CCCN2C(=O)C(Cc2ccccc2)N(C)C(=O)[C@H](Cc2ccccc2)NC(=O)[C@H](C(C)C)N(C)C(=O)[C@@H](C(C)CC)OC(=O)[C@H](C(C)(C)O)N(C)C(=O)[C@H](CC(C)C)CC(=O)[C@H](C(C)C)N(C)C1=O. The zero-order valence-electron chi connectivity index (χ0n) is 50.2. The molecule has 79 heavy (non-hydrogen) atoms. The summed E-state index contributed by atoms with van der Waals surface area (Å²) in [4.78, 5) is 141. The fourth-order valence-electron chi connectivity index (χ4n) is 11.7. The number of cyclic esters (lactones) is 1. The van der Waals surface area contributed by atoms with E-state index in [-0.39, 0.29) is 56.3 Å². The predicted octanol–water partition coefficient (Wildman–Crippen LogP) is 6.55. The third-order valence-corrected chi connectivity index (χ3v) is 16.5. The van der Waals surface area contributed by atoms with Crippen LogP contribution in [0.1, 0.15) is 139 Å². The van der Waals surface area contributed by atoms with Crippen LogP contribution < -0.4 is 5.32 Å². The first-order chi connectivity index (χ1) is 37.0. The Morgan fingerprint density at radius 1 is 0.620 bits per heavy atom. The summed E-state index contributed by atoms with van der Waals surface area (Å²) >= 11 is 0. The molecule has 2 aliphatic heterocycles. The molecule has 0 saturated carbocycles. The van der Waals surface area contributed by atoms with Crippen LogP contribution in [0.15, 0.2) is 60.7 Å². The van der Waals surface area contributed by atoms with Gasteiger partial charge >= 0.3 is 5.97 Å². The Morgan fingerprint density at radius 2 is 1.15 bits per heavy atom. The van der Waals surface area contributed by atoms with Gasteiger partial charge in [0.1, 0.15) is 18.1 Å². The monoisotopic (exact) mass is 1100 g/mol. The van der Waals surface area contributed by atoms with E-state index in [1.165, 1.54) is 54.6 Å². The minimum absolute atomic E-state index is 0.00768. The van der Waals surface area contributed by atoms with Gasteiger partial charge < -0.3 is 39.7 Å². The fourth-order valence-corrected chi connectivity index (χ4v) is 11.7. The lowest BCUT2D eigenvalue weighted by Crippen LogP contribution is -2.61. The number of benzene rings is 2. The number of nitrogens with one attached hydrogen (secondary N) is 1. The number of nitrogens with zero attached hydrogens (tertiary/aromatic N) is 5.